The van der Waals surface area contributed by atoms with E-state index >= 15 is 0 Å². The molecule has 6 nitrogen and oxygen atoms in total. The van der Waals surface area contributed by atoms with Gasteiger partial charge in [0, 0.05) is 6.54 Å². The molecule has 1 heterocycles. The summed E-state index contributed by atoms with van der Waals surface area (Å²) >= 11 is 0. The second-order valence-electron chi connectivity index (χ2n) is 3.72. The largest absolute Gasteiger partial charge is 0.341 e. The molecule has 0 radical (unpaired) electrons. The molecule has 0 aromatic heterocycles. The fraction of sp³-hybridized carbons (Fsp3) is 0.700. The van der Waals surface area contributed by atoms with Gasteiger partial charge in [-0.25, -0.2) is 0 Å². The molecule has 16 heavy (non-hydrogen) atoms. The Balaban J connectivity index is 2.48. The van der Waals surface area contributed by atoms with Crippen LogP contribution in [0, 0.1) is 11.3 Å². The average Bonchev–Trinajstić information content (AvgIpc) is 2.42. The molecule has 0 aromatic rings. The molecule has 0 spiro atoms. The van der Waals surface area contributed by atoms with Crippen LogP contribution in [-0.2, 0) is 9.59 Å². The summed E-state index contributed by atoms with van der Waals surface area (Å²) < 4.78 is 0. The molecular weight excluding hydrogens is 208 g/mol. The van der Waals surface area contributed by atoms with Gasteiger partial charge >= 0.3 is 0 Å². The van der Waals surface area contributed by atoms with E-state index in [1.54, 1.807) is 6.92 Å². The zero-order valence-corrected chi connectivity index (χ0v) is 9.32. The number of nitrogens with one attached hydrogen (secondary N) is 2. The fourth-order valence-electron chi connectivity index (χ4n) is 1.58. The summed E-state index contributed by atoms with van der Waals surface area (Å²) in [6.07, 6.45) is 0.835. The van der Waals surface area contributed by atoms with E-state index in [4.69, 9.17) is 5.26 Å². The third kappa shape index (κ3) is 3.51. The summed E-state index contributed by atoms with van der Waals surface area (Å²) in [5.74, 6) is -0.353. The van der Waals surface area contributed by atoms with E-state index in [0.717, 1.165) is 13.0 Å². The predicted octanol–water partition coefficient (Wildman–Crippen LogP) is -1.16. The van der Waals surface area contributed by atoms with Crippen LogP contribution in [0.4, 0.5) is 0 Å². The highest BCUT2D eigenvalue weighted by Crippen LogP contribution is 2.01. The van der Waals surface area contributed by atoms with Gasteiger partial charge < -0.3 is 15.5 Å². The minimum absolute atomic E-state index is 0.0192. The van der Waals surface area contributed by atoms with Crippen LogP contribution in [-0.4, -0.2) is 48.9 Å². The van der Waals surface area contributed by atoms with Crippen molar-refractivity contribution in [3.63, 3.8) is 0 Å². The van der Waals surface area contributed by atoms with Gasteiger partial charge in [-0.3, -0.25) is 9.59 Å². The van der Waals surface area contributed by atoms with E-state index in [-0.39, 0.29) is 30.9 Å². The van der Waals surface area contributed by atoms with E-state index in [1.807, 2.05) is 6.07 Å². The highest BCUT2D eigenvalue weighted by atomic mass is 16.2. The first kappa shape index (κ1) is 12.5. The average molecular weight is 224 g/mol. The molecule has 0 aliphatic carbocycles. The molecule has 0 bridgehead atoms. The van der Waals surface area contributed by atoms with Crippen LogP contribution in [0.15, 0.2) is 0 Å². The maximum atomic E-state index is 11.8. The number of carbonyl (C=O) groups excluding carboxylic acids is 2. The van der Waals surface area contributed by atoms with Crippen molar-refractivity contribution in [3.05, 3.63) is 0 Å². The molecule has 1 rings (SSSR count). The van der Waals surface area contributed by atoms with Crippen LogP contribution in [0.1, 0.15) is 13.3 Å². The quantitative estimate of drug-likeness (QED) is 0.592. The first-order valence-electron chi connectivity index (χ1n) is 5.31. The van der Waals surface area contributed by atoms with E-state index in [9.17, 15) is 9.59 Å². The number of hydrogen-bond donors (Lipinski definition) is 2. The van der Waals surface area contributed by atoms with Crippen LogP contribution in [0.2, 0.25) is 0 Å². The molecule has 1 atom stereocenters. The van der Waals surface area contributed by atoms with Crippen LogP contribution in [0.5, 0.6) is 0 Å². The Bertz CT molecular complexity index is 310. The summed E-state index contributed by atoms with van der Waals surface area (Å²) in [5.41, 5.74) is 0. The number of nitrogens with zero attached hydrogens (tertiary/aromatic N) is 2. The Morgan fingerprint density at radius 2 is 2.50 bits per heavy atom. The highest BCUT2D eigenvalue weighted by Gasteiger charge is 2.24. The van der Waals surface area contributed by atoms with Crippen molar-refractivity contribution < 1.29 is 9.59 Å². The number of carbonyl (C=O) groups is 2. The van der Waals surface area contributed by atoms with E-state index in [0.29, 0.717) is 6.54 Å². The first-order chi connectivity index (χ1) is 7.65. The standard InChI is InChI=1S/C10H16N4O2/c1-8-10(16)14(6-2-4-12-8)7-9(15)13-5-3-11/h8,12H,2,4-7H2,1H3,(H,13,15). The monoisotopic (exact) mass is 224 g/mol. The second-order valence-corrected chi connectivity index (χ2v) is 3.72. The van der Waals surface area contributed by atoms with Gasteiger partial charge in [0.1, 0.15) is 6.54 Å². The lowest BCUT2D eigenvalue weighted by Gasteiger charge is -2.21. The van der Waals surface area contributed by atoms with E-state index < -0.39 is 0 Å². The maximum absolute atomic E-state index is 11.8. The van der Waals surface area contributed by atoms with Crippen LogP contribution in [0.3, 0.4) is 0 Å². The molecule has 1 aliphatic heterocycles. The van der Waals surface area contributed by atoms with Gasteiger partial charge in [-0.1, -0.05) is 0 Å². The van der Waals surface area contributed by atoms with Crippen molar-refractivity contribution in [2.24, 2.45) is 0 Å². The molecule has 1 unspecified atom stereocenters. The molecule has 1 saturated heterocycles. The zero-order valence-electron chi connectivity index (χ0n) is 9.32. The van der Waals surface area contributed by atoms with Gasteiger partial charge in [0.15, 0.2) is 0 Å². The molecular formula is C10H16N4O2. The Hall–Kier alpha value is -1.61. The topological polar surface area (TPSA) is 85.2 Å². The molecule has 88 valence electrons. The summed E-state index contributed by atoms with van der Waals surface area (Å²) in [4.78, 5) is 24.7. The molecule has 2 amide bonds. The first-order valence-corrected chi connectivity index (χ1v) is 5.31. The summed E-state index contributed by atoms with van der Waals surface area (Å²) in [7, 11) is 0. The summed E-state index contributed by atoms with van der Waals surface area (Å²) in [5, 5.41) is 13.8. The molecule has 1 fully saturated rings. The fourth-order valence-corrected chi connectivity index (χ4v) is 1.58. The van der Waals surface area contributed by atoms with Crippen molar-refractivity contribution in [2.75, 3.05) is 26.2 Å². The van der Waals surface area contributed by atoms with Gasteiger partial charge in [-0.05, 0) is 19.9 Å². The third-order valence-corrected chi connectivity index (χ3v) is 2.44. The van der Waals surface area contributed by atoms with E-state index in [1.165, 1.54) is 4.90 Å². The maximum Gasteiger partial charge on any atom is 0.240 e. The van der Waals surface area contributed by atoms with Crippen molar-refractivity contribution >= 4 is 11.8 Å². The molecule has 2 N–H and O–H groups in total. The van der Waals surface area contributed by atoms with E-state index in [2.05, 4.69) is 10.6 Å². The lowest BCUT2D eigenvalue weighted by atomic mass is 10.3. The van der Waals surface area contributed by atoms with Gasteiger partial charge in [0.05, 0.1) is 18.7 Å². The number of hydrogen-bond acceptors (Lipinski definition) is 4. The molecule has 6 heteroatoms. The van der Waals surface area contributed by atoms with Crippen molar-refractivity contribution in [1.82, 2.24) is 15.5 Å². The SMILES string of the molecule is CC1NCCCN(CC(=O)NCC#N)C1=O. The van der Waals surface area contributed by atoms with Gasteiger partial charge in [0.2, 0.25) is 11.8 Å². The number of rotatable bonds is 3. The van der Waals surface area contributed by atoms with Crippen LogP contribution < -0.4 is 10.6 Å². The van der Waals surface area contributed by atoms with Gasteiger partial charge in [-0.15, -0.1) is 0 Å². The van der Waals surface area contributed by atoms with Gasteiger partial charge in [-0.2, -0.15) is 5.26 Å². The Morgan fingerprint density at radius 1 is 1.75 bits per heavy atom. The Morgan fingerprint density at radius 3 is 3.19 bits per heavy atom. The lowest BCUT2D eigenvalue weighted by molar-refractivity contribution is -0.136. The summed E-state index contributed by atoms with van der Waals surface area (Å²) in [6.45, 7) is 3.16. The molecule has 1 aliphatic rings. The van der Waals surface area contributed by atoms with Crippen molar-refractivity contribution in [3.8, 4) is 6.07 Å². The normalized spacial score (nSPS) is 21.1. The van der Waals surface area contributed by atoms with Crippen LogP contribution >= 0.6 is 0 Å². The zero-order chi connectivity index (χ0) is 12.0. The second kappa shape index (κ2) is 6.08. The highest BCUT2D eigenvalue weighted by molar-refractivity contribution is 5.87. The minimum atomic E-state index is -0.288. The predicted molar refractivity (Wildman–Crippen MR) is 57.3 cm³/mol. The molecule has 0 saturated carbocycles. The minimum Gasteiger partial charge on any atom is -0.341 e. The lowest BCUT2D eigenvalue weighted by Crippen LogP contribution is -2.46. The smallest absolute Gasteiger partial charge is 0.240 e. The number of amides is 2. The third-order valence-electron chi connectivity index (χ3n) is 2.44. The molecule has 0 aromatic carbocycles. The van der Waals surface area contributed by atoms with Crippen molar-refractivity contribution in [1.29, 1.82) is 5.26 Å². The van der Waals surface area contributed by atoms with Gasteiger partial charge in [0.25, 0.3) is 0 Å². The summed E-state index contributed by atoms with van der Waals surface area (Å²) in [6, 6.07) is 1.58. The Labute approximate surface area is 94.6 Å². The number of nitriles is 1. The Kier molecular flexibility index (Phi) is 4.73. The van der Waals surface area contributed by atoms with Crippen LogP contribution in [0.25, 0.3) is 0 Å². The van der Waals surface area contributed by atoms with Crippen molar-refractivity contribution in [2.45, 2.75) is 19.4 Å².